The van der Waals surface area contributed by atoms with Gasteiger partial charge < -0.3 is 5.32 Å². The van der Waals surface area contributed by atoms with Gasteiger partial charge in [-0.3, -0.25) is 4.79 Å². The first-order chi connectivity index (χ1) is 14.0. The molecule has 0 bridgehead atoms. The van der Waals surface area contributed by atoms with E-state index in [2.05, 4.69) is 31.3 Å². The highest BCUT2D eigenvalue weighted by molar-refractivity contribution is 9.10. The number of rotatable bonds is 4. The number of aromatic nitrogens is 3. The Labute approximate surface area is 173 Å². The van der Waals surface area contributed by atoms with E-state index in [-0.39, 0.29) is 5.82 Å². The number of hydrogen-bond donors (Lipinski definition) is 1. The predicted molar refractivity (Wildman–Crippen MR) is 109 cm³/mol. The highest BCUT2D eigenvalue weighted by Gasteiger charge is 2.19. The molecular weight excluding hydrogens is 442 g/mol. The molecule has 3 aromatic carbocycles. The summed E-state index contributed by atoms with van der Waals surface area (Å²) in [6, 6.07) is 18.4. The summed E-state index contributed by atoms with van der Waals surface area (Å²) in [4.78, 5) is 17.0. The van der Waals surface area contributed by atoms with Crippen molar-refractivity contribution < 1.29 is 13.6 Å². The zero-order valence-corrected chi connectivity index (χ0v) is 16.4. The second kappa shape index (κ2) is 7.92. The lowest BCUT2D eigenvalue weighted by Gasteiger charge is -2.05. The summed E-state index contributed by atoms with van der Waals surface area (Å²) in [5.41, 5.74) is 1.65. The Bertz CT molecular complexity index is 1110. The van der Waals surface area contributed by atoms with Gasteiger partial charge in [0.25, 0.3) is 5.91 Å². The van der Waals surface area contributed by atoms with Crippen molar-refractivity contribution in [3.8, 4) is 17.1 Å². The molecule has 144 valence electrons. The van der Waals surface area contributed by atoms with E-state index >= 15 is 0 Å². The van der Waals surface area contributed by atoms with Crippen molar-refractivity contribution in [1.29, 1.82) is 0 Å². The van der Waals surface area contributed by atoms with E-state index in [1.54, 1.807) is 18.2 Å². The van der Waals surface area contributed by atoms with E-state index in [1.165, 1.54) is 53.2 Å². The molecule has 1 aromatic heterocycles. The summed E-state index contributed by atoms with van der Waals surface area (Å²) in [6.07, 6.45) is 0. The molecule has 0 saturated carbocycles. The molecule has 0 saturated heterocycles. The monoisotopic (exact) mass is 454 g/mol. The van der Waals surface area contributed by atoms with Gasteiger partial charge in [-0.1, -0.05) is 22.0 Å². The molecule has 1 amide bonds. The number of carbonyl (C=O) groups is 1. The summed E-state index contributed by atoms with van der Waals surface area (Å²) < 4.78 is 28.9. The van der Waals surface area contributed by atoms with Crippen molar-refractivity contribution in [1.82, 2.24) is 14.8 Å². The minimum absolute atomic E-state index is 0.0753. The van der Waals surface area contributed by atoms with Crippen LogP contribution < -0.4 is 5.32 Å². The quantitative estimate of drug-likeness (QED) is 0.459. The van der Waals surface area contributed by atoms with Crippen molar-refractivity contribution >= 4 is 27.5 Å². The van der Waals surface area contributed by atoms with E-state index in [0.29, 0.717) is 22.8 Å². The highest BCUT2D eigenvalue weighted by Crippen LogP contribution is 2.23. The maximum absolute atomic E-state index is 13.3. The molecule has 0 radical (unpaired) electrons. The summed E-state index contributed by atoms with van der Waals surface area (Å²) in [5, 5.41) is 7.03. The standard InChI is InChI=1S/C21H13BrF2N4O/c22-14-2-1-3-17(12-14)25-21(29)19-26-20(13-4-6-15(23)7-5-13)28(27-19)18-10-8-16(24)9-11-18/h1-12H,(H,25,29). The Hall–Kier alpha value is -3.39. The van der Waals surface area contributed by atoms with Crippen LogP contribution in [0.3, 0.4) is 0 Å². The Morgan fingerprint density at radius 3 is 2.24 bits per heavy atom. The van der Waals surface area contributed by atoms with Crippen molar-refractivity contribution in [3.05, 3.63) is 94.7 Å². The summed E-state index contributed by atoms with van der Waals surface area (Å²) in [5.74, 6) is -1.05. The first-order valence-electron chi connectivity index (χ1n) is 8.55. The molecule has 0 fully saturated rings. The van der Waals surface area contributed by atoms with Crippen molar-refractivity contribution in [2.45, 2.75) is 0 Å². The molecule has 4 aromatic rings. The Morgan fingerprint density at radius 1 is 0.931 bits per heavy atom. The molecule has 0 aliphatic rings. The largest absolute Gasteiger partial charge is 0.319 e. The molecule has 0 spiro atoms. The average molecular weight is 455 g/mol. The number of halogens is 3. The first kappa shape index (κ1) is 18.9. The number of anilines is 1. The van der Waals surface area contributed by atoms with Gasteiger partial charge in [-0.25, -0.2) is 18.4 Å². The highest BCUT2D eigenvalue weighted by atomic mass is 79.9. The first-order valence-corrected chi connectivity index (χ1v) is 9.35. The zero-order chi connectivity index (χ0) is 20.4. The van der Waals surface area contributed by atoms with Crippen LogP contribution in [0.5, 0.6) is 0 Å². The average Bonchev–Trinajstić information content (AvgIpc) is 3.15. The van der Waals surface area contributed by atoms with E-state index < -0.39 is 17.5 Å². The van der Waals surface area contributed by atoms with Crippen molar-refractivity contribution in [2.75, 3.05) is 5.32 Å². The lowest BCUT2D eigenvalue weighted by atomic mass is 10.2. The summed E-state index contributed by atoms with van der Waals surface area (Å²) in [7, 11) is 0. The van der Waals surface area contributed by atoms with Crippen LogP contribution in [0.1, 0.15) is 10.6 Å². The molecule has 0 unspecified atom stereocenters. The van der Waals surface area contributed by atoms with Gasteiger partial charge in [0.05, 0.1) is 5.69 Å². The molecule has 29 heavy (non-hydrogen) atoms. The third kappa shape index (κ3) is 4.22. The third-order valence-corrected chi connectivity index (χ3v) is 4.56. The van der Waals surface area contributed by atoms with Crippen LogP contribution >= 0.6 is 15.9 Å². The van der Waals surface area contributed by atoms with Crippen LogP contribution in [0, 0.1) is 11.6 Å². The number of nitrogens with one attached hydrogen (secondary N) is 1. The maximum atomic E-state index is 13.3. The van der Waals surface area contributed by atoms with Gasteiger partial charge in [0, 0.05) is 15.7 Å². The molecule has 1 N–H and O–H groups in total. The van der Waals surface area contributed by atoms with Crippen LogP contribution in [-0.2, 0) is 0 Å². The lowest BCUT2D eigenvalue weighted by Crippen LogP contribution is -2.14. The second-order valence-electron chi connectivity index (χ2n) is 6.12. The van der Waals surface area contributed by atoms with Crippen molar-refractivity contribution in [2.24, 2.45) is 0 Å². The van der Waals surface area contributed by atoms with Crippen molar-refractivity contribution in [3.63, 3.8) is 0 Å². The zero-order valence-electron chi connectivity index (χ0n) is 14.8. The minimum Gasteiger partial charge on any atom is -0.319 e. The fourth-order valence-electron chi connectivity index (χ4n) is 2.71. The minimum atomic E-state index is -0.507. The van der Waals surface area contributed by atoms with Gasteiger partial charge >= 0.3 is 0 Å². The lowest BCUT2D eigenvalue weighted by molar-refractivity contribution is 0.101. The van der Waals surface area contributed by atoms with Gasteiger partial charge in [-0.05, 0) is 66.7 Å². The Balaban J connectivity index is 1.75. The molecule has 5 nitrogen and oxygen atoms in total. The van der Waals surface area contributed by atoms with Crippen LogP contribution in [0.15, 0.2) is 77.3 Å². The third-order valence-electron chi connectivity index (χ3n) is 4.07. The smallest absolute Gasteiger partial charge is 0.295 e. The second-order valence-corrected chi connectivity index (χ2v) is 7.03. The maximum Gasteiger partial charge on any atom is 0.295 e. The van der Waals surface area contributed by atoms with E-state index in [4.69, 9.17) is 0 Å². The number of carbonyl (C=O) groups excluding carboxylic acids is 1. The summed E-state index contributed by atoms with van der Waals surface area (Å²) in [6.45, 7) is 0. The molecule has 1 heterocycles. The summed E-state index contributed by atoms with van der Waals surface area (Å²) >= 11 is 3.35. The topological polar surface area (TPSA) is 59.8 Å². The number of amides is 1. The fraction of sp³-hybridized carbons (Fsp3) is 0. The number of hydrogen-bond acceptors (Lipinski definition) is 3. The van der Waals surface area contributed by atoms with E-state index in [1.807, 2.05) is 6.07 Å². The van der Waals surface area contributed by atoms with Crippen LogP contribution in [-0.4, -0.2) is 20.7 Å². The predicted octanol–water partition coefficient (Wildman–Crippen LogP) is 5.23. The van der Waals surface area contributed by atoms with Gasteiger partial charge in [0.1, 0.15) is 11.6 Å². The SMILES string of the molecule is O=C(Nc1cccc(Br)c1)c1nc(-c2ccc(F)cc2)n(-c2ccc(F)cc2)n1. The van der Waals surface area contributed by atoms with E-state index in [0.717, 1.165) is 4.47 Å². The van der Waals surface area contributed by atoms with E-state index in [9.17, 15) is 13.6 Å². The fourth-order valence-corrected chi connectivity index (χ4v) is 3.11. The van der Waals surface area contributed by atoms with Gasteiger partial charge in [0.15, 0.2) is 5.82 Å². The normalized spacial score (nSPS) is 10.7. The van der Waals surface area contributed by atoms with Gasteiger partial charge in [-0.2, -0.15) is 0 Å². The molecule has 8 heteroatoms. The van der Waals surface area contributed by atoms with Crippen LogP contribution in [0.25, 0.3) is 17.1 Å². The van der Waals surface area contributed by atoms with Gasteiger partial charge in [0.2, 0.25) is 5.82 Å². The Kier molecular flexibility index (Phi) is 5.18. The molecule has 0 aliphatic heterocycles. The molecule has 4 rings (SSSR count). The van der Waals surface area contributed by atoms with Gasteiger partial charge in [-0.15, -0.1) is 5.10 Å². The van der Waals surface area contributed by atoms with Crippen LogP contribution in [0.2, 0.25) is 0 Å². The number of benzene rings is 3. The van der Waals surface area contributed by atoms with Crippen LogP contribution in [0.4, 0.5) is 14.5 Å². The molecule has 0 atom stereocenters. The molecular formula is C21H13BrF2N4O. The molecule has 0 aliphatic carbocycles. The number of nitrogens with zero attached hydrogens (tertiary/aromatic N) is 3. The Morgan fingerprint density at radius 2 is 1.59 bits per heavy atom.